The van der Waals surface area contributed by atoms with E-state index in [2.05, 4.69) is 15.3 Å². The number of rotatable bonds is 5. The lowest BCUT2D eigenvalue weighted by Crippen LogP contribution is -2.06. The SMILES string of the molecule is FC(F)(F)c1ccc(-c2cccc3nc(-c4cccnc4)nc(NCc4ccccn4)c23)cc1. The number of nitrogens with zero attached hydrogens (tertiary/aromatic N) is 4. The minimum absolute atomic E-state index is 0.417. The molecule has 0 aliphatic carbocycles. The maximum Gasteiger partial charge on any atom is 0.416 e. The molecular formula is C26H18F3N5. The number of aromatic nitrogens is 4. The van der Waals surface area contributed by atoms with Crippen molar-refractivity contribution in [2.24, 2.45) is 0 Å². The molecule has 1 N–H and O–H groups in total. The van der Waals surface area contributed by atoms with Gasteiger partial charge in [-0.15, -0.1) is 0 Å². The van der Waals surface area contributed by atoms with E-state index in [-0.39, 0.29) is 0 Å². The highest BCUT2D eigenvalue weighted by Gasteiger charge is 2.30. The molecule has 168 valence electrons. The topological polar surface area (TPSA) is 63.6 Å². The van der Waals surface area contributed by atoms with E-state index in [4.69, 9.17) is 9.97 Å². The van der Waals surface area contributed by atoms with E-state index in [1.807, 2.05) is 48.5 Å². The number of hydrogen-bond acceptors (Lipinski definition) is 5. The second kappa shape index (κ2) is 8.90. The van der Waals surface area contributed by atoms with Gasteiger partial charge in [-0.1, -0.05) is 30.3 Å². The Hall–Kier alpha value is -4.33. The van der Waals surface area contributed by atoms with Gasteiger partial charge in [0.2, 0.25) is 0 Å². The van der Waals surface area contributed by atoms with E-state index < -0.39 is 11.7 Å². The summed E-state index contributed by atoms with van der Waals surface area (Å²) in [7, 11) is 0. The van der Waals surface area contributed by atoms with Gasteiger partial charge in [0.25, 0.3) is 0 Å². The van der Waals surface area contributed by atoms with E-state index in [1.165, 1.54) is 12.1 Å². The molecule has 0 fully saturated rings. The highest BCUT2D eigenvalue weighted by Crippen LogP contribution is 2.36. The van der Waals surface area contributed by atoms with Crippen molar-refractivity contribution in [2.75, 3.05) is 5.32 Å². The summed E-state index contributed by atoms with van der Waals surface area (Å²) >= 11 is 0. The summed E-state index contributed by atoms with van der Waals surface area (Å²) in [5.41, 5.74) is 2.91. The van der Waals surface area contributed by atoms with Crippen molar-refractivity contribution >= 4 is 16.7 Å². The molecule has 2 aromatic carbocycles. The van der Waals surface area contributed by atoms with Crippen LogP contribution >= 0.6 is 0 Å². The quantitative estimate of drug-likeness (QED) is 0.332. The first kappa shape index (κ1) is 21.5. The molecule has 0 spiro atoms. The lowest BCUT2D eigenvalue weighted by atomic mass is 9.99. The number of alkyl halides is 3. The van der Waals surface area contributed by atoms with Crippen LogP contribution in [0.2, 0.25) is 0 Å². The van der Waals surface area contributed by atoms with Gasteiger partial charge >= 0.3 is 6.18 Å². The maximum atomic E-state index is 13.1. The molecule has 0 aliphatic rings. The average Bonchev–Trinajstić information content (AvgIpc) is 2.87. The van der Waals surface area contributed by atoms with Gasteiger partial charge in [-0.2, -0.15) is 13.2 Å². The van der Waals surface area contributed by atoms with Crippen LogP contribution in [-0.2, 0) is 12.7 Å². The summed E-state index contributed by atoms with van der Waals surface area (Å²) in [5, 5.41) is 4.06. The molecule has 0 aliphatic heterocycles. The van der Waals surface area contributed by atoms with Gasteiger partial charge in [0, 0.05) is 24.2 Å². The van der Waals surface area contributed by atoms with Gasteiger partial charge in [0.05, 0.1) is 28.7 Å². The van der Waals surface area contributed by atoms with Gasteiger partial charge in [-0.25, -0.2) is 9.97 Å². The van der Waals surface area contributed by atoms with E-state index in [9.17, 15) is 13.2 Å². The Labute approximate surface area is 193 Å². The number of fused-ring (bicyclic) bond motifs is 1. The largest absolute Gasteiger partial charge is 0.416 e. The first-order chi connectivity index (χ1) is 16.5. The van der Waals surface area contributed by atoms with Gasteiger partial charge in [0.15, 0.2) is 5.82 Å². The van der Waals surface area contributed by atoms with Crippen LogP contribution in [0.1, 0.15) is 11.3 Å². The number of anilines is 1. The highest BCUT2D eigenvalue weighted by molar-refractivity contribution is 6.02. The van der Waals surface area contributed by atoms with Crippen LogP contribution in [0.4, 0.5) is 19.0 Å². The molecule has 0 unspecified atom stereocenters. The van der Waals surface area contributed by atoms with Crippen LogP contribution < -0.4 is 5.32 Å². The van der Waals surface area contributed by atoms with Crippen molar-refractivity contribution in [1.29, 1.82) is 0 Å². The van der Waals surface area contributed by atoms with Crippen LogP contribution in [0.15, 0.2) is 91.4 Å². The fraction of sp³-hybridized carbons (Fsp3) is 0.0769. The second-order valence-electron chi connectivity index (χ2n) is 7.59. The van der Waals surface area contributed by atoms with Crippen LogP contribution in [-0.4, -0.2) is 19.9 Å². The smallest absolute Gasteiger partial charge is 0.364 e. The Kier molecular flexibility index (Phi) is 5.63. The lowest BCUT2D eigenvalue weighted by molar-refractivity contribution is -0.137. The number of pyridine rings is 2. The van der Waals surface area contributed by atoms with E-state index in [0.717, 1.165) is 29.0 Å². The second-order valence-corrected chi connectivity index (χ2v) is 7.59. The zero-order chi connectivity index (χ0) is 23.5. The maximum absolute atomic E-state index is 13.1. The fourth-order valence-electron chi connectivity index (χ4n) is 3.69. The normalized spacial score (nSPS) is 11.5. The van der Waals surface area contributed by atoms with E-state index in [1.54, 1.807) is 18.6 Å². The van der Waals surface area contributed by atoms with Crippen molar-refractivity contribution in [2.45, 2.75) is 12.7 Å². The summed E-state index contributed by atoms with van der Waals surface area (Å²) in [6.45, 7) is 0.417. The molecule has 34 heavy (non-hydrogen) atoms. The summed E-state index contributed by atoms with van der Waals surface area (Å²) in [6, 6.07) is 20.0. The van der Waals surface area contributed by atoms with Gasteiger partial charge in [-0.3, -0.25) is 9.97 Å². The Bertz CT molecular complexity index is 1420. The summed E-state index contributed by atoms with van der Waals surface area (Å²) in [6.07, 6.45) is 0.676. The minimum atomic E-state index is -4.39. The molecule has 5 rings (SSSR count). The molecule has 0 atom stereocenters. The molecular weight excluding hydrogens is 439 g/mol. The third kappa shape index (κ3) is 4.43. The van der Waals surface area contributed by atoms with E-state index >= 15 is 0 Å². The zero-order valence-corrected chi connectivity index (χ0v) is 17.8. The Balaban J connectivity index is 1.65. The predicted octanol–water partition coefficient (Wildman–Crippen LogP) is 6.38. The number of halogens is 3. The molecule has 0 saturated carbocycles. The first-order valence-electron chi connectivity index (χ1n) is 10.5. The predicted molar refractivity (Wildman–Crippen MR) is 125 cm³/mol. The molecule has 8 heteroatoms. The van der Waals surface area contributed by atoms with Crippen molar-refractivity contribution < 1.29 is 13.2 Å². The standard InChI is InChI=1S/C26H18F3N5/c27-26(28,29)19-11-9-17(10-12-19)21-7-3-8-22-23(21)25(32-16-20-6-1-2-14-31-20)34-24(33-22)18-5-4-13-30-15-18/h1-15H,16H2,(H,32,33,34). The fourth-order valence-corrected chi connectivity index (χ4v) is 3.69. The Morgan fingerprint density at radius 2 is 1.62 bits per heavy atom. The van der Waals surface area contributed by atoms with Crippen LogP contribution in [0.5, 0.6) is 0 Å². The van der Waals surface area contributed by atoms with Crippen molar-refractivity contribution in [3.05, 3.63) is 103 Å². The first-order valence-corrected chi connectivity index (χ1v) is 10.5. The van der Waals surface area contributed by atoms with Gasteiger partial charge in [0.1, 0.15) is 5.82 Å². The zero-order valence-electron chi connectivity index (χ0n) is 17.8. The lowest BCUT2D eigenvalue weighted by Gasteiger charge is -2.15. The van der Waals surface area contributed by atoms with E-state index in [0.29, 0.717) is 34.7 Å². The number of hydrogen-bond donors (Lipinski definition) is 1. The van der Waals surface area contributed by atoms with Crippen molar-refractivity contribution in [3.63, 3.8) is 0 Å². The minimum Gasteiger partial charge on any atom is -0.364 e. The third-order valence-corrected chi connectivity index (χ3v) is 5.33. The average molecular weight is 457 g/mol. The molecule has 0 saturated heterocycles. The molecule has 0 amide bonds. The van der Waals surface area contributed by atoms with Crippen LogP contribution in [0.25, 0.3) is 33.4 Å². The van der Waals surface area contributed by atoms with Crippen molar-refractivity contribution in [1.82, 2.24) is 19.9 Å². The Morgan fingerprint density at radius 3 is 2.32 bits per heavy atom. The molecule has 3 aromatic heterocycles. The summed E-state index contributed by atoms with van der Waals surface area (Å²) in [4.78, 5) is 18.0. The number of nitrogens with one attached hydrogen (secondary N) is 1. The summed E-state index contributed by atoms with van der Waals surface area (Å²) in [5.74, 6) is 1.05. The molecule has 5 aromatic rings. The van der Waals surface area contributed by atoms with Gasteiger partial charge in [-0.05, 0) is 53.6 Å². The highest BCUT2D eigenvalue weighted by atomic mass is 19.4. The number of benzene rings is 2. The van der Waals surface area contributed by atoms with Crippen LogP contribution in [0.3, 0.4) is 0 Å². The van der Waals surface area contributed by atoms with Gasteiger partial charge < -0.3 is 5.32 Å². The third-order valence-electron chi connectivity index (χ3n) is 5.33. The molecule has 3 heterocycles. The molecule has 0 bridgehead atoms. The van der Waals surface area contributed by atoms with Crippen LogP contribution in [0, 0.1) is 0 Å². The van der Waals surface area contributed by atoms with Crippen molar-refractivity contribution in [3.8, 4) is 22.5 Å². The summed E-state index contributed by atoms with van der Waals surface area (Å²) < 4.78 is 39.2. The monoisotopic (exact) mass is 457 g/mol. The molecule has 5 nitrogen and oxygen atoms in total. The molecule has 0 radical (unpaired) electrons. The Morgan fingerprint density at radius 1 is 0.765 bits per heavy atom.